The third kappa shape index (κ3) is 2.44. The second kappa shape index (κ2) is 4.97. The zero-order valence-corrected chi connectivity index (χ0v) is 11.7. The topological polar surface area (TPSA) is 55.1 Å². The Morgan fingerprint density at radius 2 is 2.00 bits per heavy atom. The molecule has 2 heterocycles. The van der Waals surface area contributed by atoms with E-state index in [1.54, 1.807) is 11.3 Å². The van der Waals surface area contributed by atoms with E-state index in [-0.39, 0.29) is 0 Å². The molecule has 98 valence electrons. The van der Waals surface area contributed by atoms with Crippen molar-refractivity contribution in [1.82, 2.24) is 19.8 Å². The molecular weight excluding hydrogens is 258 g/mol. The van der Waals surface area contributed by atoms with E-state index >= 15 is 0 Å². The first-order chi connectivity index (χ1) is 9.26. The van der Waals surface area contributed by atoms with Crippen molar-refractivity contribution in [3.8, 4) is 0 Å². The molecule has 0 saturated carbocycles. The molecule has 0 atom stereocenters. The second-order valence-electron chi connectivity index (χ2n) is 4.38. The average molecular weight is 273 g/mol. The maximum Gasteiger partial charge on any atom is 0.234 e. The van der Waals surface area contributed by atoms with Crippen molar-refractivity contribution in [3.63, 3.8) is 0 Å². The van der Waals surface area contributed by atoms with Crippen LogP contribution in [-0.4, -0.2) is 19.8 Å². The number of hydrogen-bond donors (Lipinski definition) is 1. The van der Waals surface area contributed by atoms with E-state index in [1.807, 2.05) is 4.52 Å². The quantitative estimate of drug-likeness (QED) is 0.794. The molecule has 6 heteroatoms. The van der Waals surface area contributed by atoms with E-state index in [1.165, 1.54) is 5.56 Å². The van der Waals surface area contributed by atoms with E-state index in [4.69, 9.17) is 0 Å². The van der Waals surface area contributed by atoms with E-state index in [9.17, 15) is 0 Å². The molecule has 2 aromatic heterocycles. The molecule has 0 amide bonds. The summed E-state index contributed by atoms with van der Waals surface area (Å²) in [6.07, 6.45) is 0.843. The number of nitrogens with zero attached hydrogens (tertiary/aromatic N) is 4. The molecule has 0 aliphatic rings. The van der Waals surface area contributed by atoms with Crippen LogP contribution in [0.3, 0.4) is 0 Å². The normalized spacial score (nSPS) is 11.1. The third-order valence-electron chi connectivity index (χ3n) is 2.91. The maximum absolute atomic E-state index is 4.52. The van der Waals surface area contributed by atoms with Crippen LogP contribution in [0.4, 0.5) is 5.69 Å². The summed E-state index contributed by atoms with van der Waals surface area (Å²) in [6.45, 7) is 4.85. The minimum atomic E-state index is 0.709. The van der Waals surface area contributed by atoms with Gasteiger partial charge in [-0.15, -0.1) is 10.2 Å². The Morgan fingerprint density at radius 3 is 2.74 bits per heavy atom. The van der Waals surface area contributed by atoms with Crippen LogP contribution in [0.25, 0.3) is 4.96 Å². The van der Waals surface area contributed by atoms with Crippen LogP contribution in [0, 0.1) is 6.92 Å². The zero-order valence-electron chi connectivity index (χ0n) is 10.9. The van der Waals surface area contributed by atoms with Gasteiger partial charge in [-0.2, -0.15) is 9.61 Å². The second-order valence-corrected chi connectivity index (χ2v) is 5.42. The Labute approximate surface area is 115 Å². The van der Waals surface area contributed by atoms with Gasteiger partial charge in [0.05, 0.1) is 6.54 Å². The van der Waals surface area contributed by atoms with Gasteiger partial charge in [0.2, 0.25) is 4.96 Å². The molecule has 0 bridgehead atoms. The van der Waals surface area contributed by atoms with E-state index in [2.05, 4.69) is 58.7 Å². The fourth-order valence-corrected chi connectivity index (χ4v) is 2.63. The lowest BCUT2D eigenvalue weighted by atomic mass is 10.2. The van der Waals surface area contributed by atoms with Gasteiger partial charge in [0.15, 0.2) is 5.82 Å². The van der Waals surface area contributed by atoms with E-state index in [0.717, 1.165) is 27.9 Å². The Morgan fingerprint density at radius 1 is 1.21 bits per heavy atom. The molecule has 3 rings (SSSR count). The number of fused-ring (bicyclic) bond motifs is 1. The van der Waals surface area contributed by atoms with Gasteiger partial charge in [0.25, 0.3) is 0 Å². The highest BCUT2D eigenvalue weighted by molar-refractivity contribution is 7.16. The first-order valence-electron chi connectivity index (χ1n) is 6.27. The van der Waals surface area contributed by atoms with Crippen LogP contribution in [0.1, 0.15) is 23.3 Å². The van der Waals surface area contributed by atoms with Crippen molar-refractivity contribution in [2.75, 3.05) is 5.32 Å². The summed E-state index contributed by atoms with van der Waals surface area (Å²) in [5.74, 6) is 0.910. The minimum absolute atomic E-state index is 0.709. The monoisotopic (exact) mass is 273 g/mol. The fourth-order valence-electron chi connectivity index (χ4n) is 1.84. The van der Waals surface area contributed by atoms with Crippen molar-refractivity contribution in [1.29, 1.82) is 0 Å². The summed E-state index contributed by atoms with van der Waals surface area (Å²) < 4.78 is 1.83. The number of aromatic nitrogens is 4. The summed E-state index contributed by atoms with van der Waals surface area (Å²) in [5, 5.41) is 17.1. The number of hydrogen-bond acceptors (Lipinski definition) is 5. The summed E-state index contributed by atoms with van der Waals surface area (Å²) in [7, 11) is 0. The van der Waals surface area contributed by atoms with Gasteiger partial charge in [-0.05, 0) is 19.1 Å². The largest absolute Gasteiger partial charge is 0.378 e. The summed E-state index contributed by atoms with van der Waals surface area (Å²) in [6, 6.07) is 8.34. The maximum atomic E-state index is 4.52. The van der Waals surface area contributed by atoms with Gasteiger partial charge < -0.3 is 5.32 Å². The minimum Gasteiger partial charge on any atom is -0.378 e. The fraction of sp³-hybridized carbons (Fsp3) is 0.308. The molecule has 5 nitrogen and oxygen atoms in total. The van der Waals surface area contributed by atoms with Crippen LogP contribution < -0.4 is 5.32 Å². The zero-order chi connectivity index (χ0) is 13.2. The average Bonchev–Trinajstić information content (AvgIpc) is 2.97. The number of benzene rings is 1. The lowest BCUT2D eigenvalue weighted by Gasteiger charge is -2.03. The third-order valence-corrected chi connectivity index (χ3v) is 3.81. The molecule has 0 aliphatic carbocycles. The number of nitrogens with one attached hydrogen (secondary N) is 1. The van der Waals surface area contributed by atoms with Crippen molar-refractivity contribution < 1.29 is 0 Å². The molecule has 0 fully saturated rings. The van der Waals surface area contributed by atoms with Crippen LogP contribution in [0.15, 0.2) is 24.3 Å². The molecule has 0 aliphatic heterocycles. The Hall–Kier alpha value is -1.95. The Balaban J connectivity index is 1.74. The van der Waals surface area contributed by atoms with Crippen molar-refractivity contribution in [2.24, 2.45) is 0 Å². The first kappa shape index (κ1) is 12.1. The molecule has 1 aromatic carbocycles. The van der Waals surface area contributed by atoms with Gasteiger partial charge in [-0.25, -0.2) is 0 Å². The van der Waals surface area contributed by atoms with Crippen LogP contribution >= 0.6 is 11.3 Å². The van der Waals surface area contributed by atoms with Crippen LogP contribution in [0.5, 0.6) is 0 Å². The lowest BCUT2D eigenvalue weighted by molar-refractivity contribution is 0.815. The summed E-state index contributed by atoms with van der Waals surface area (Å²) >= 11 is 1.57. The molecule has 0 radical (unpaired) electrons. The predicted octanol–water partition coefficient (Wildman–Crippen LogP) is 2.67. The van der Waals surface area contributed by atoms with Crippen molar-refractivity contribution in [2.45, 2.75) is 26.8 Å². The van der Waals surface area contributed by atoms with Gasteiger partial charge in [-0.3, -0.25) is 0 Å². The smallest absolute Gasteiger partial charge is 0.234 e. The lowest BCUT2D eigenvalue weighted by Crippen LogP contribution is -2.01. The Bertz CT molecular complexity index is 683. The highest BCUT2D eigenvalue weighted by atomic mass is 32.1. The first-order valence-corrected chi connectivity index (χ1v) is 7.08. The molecule has 0 spiro atoms. The predicted molar refractivity (Wildman–Crippen MR) is 76.5 cm³/mol. The Kier molecular flexibility index (Phi) is 3.16. The molecule has 1 N–H and O–H groups in total. The van der Waals surface area contributed by atoms with Gasteiger partial charge >= 0.3 is 0 Å². The van der Waals surface area contributed by atoms with Gasteiger partial charge in [-0.1, -0.05) is 36.0 Å². The molecule has 0 saturated heterocycles. The van der Waals surface area contributed by atoms with Gasteiger partial charge in [0.1, 0.15) is 5.01 Å². The number of anilines is 1. The van der Waals surface area contributed by atoms with Crippen molar-refractivity contribution >= 4 is 22.0 Å². The SMILES string of the molecule is CCc1nnc2sc(CNc3ccc(C)cc3)nn12. The van der Waals surface area contributed by atoms with Gasteiger partial charge in [0, 0.05) is 12.1 Å². The molecule has 3 aromatic rings. The summed E-state index contributed by atoms with van der Waals surface area (Å²) in [4.78, 5) is 0.859. The standard InChI is InChI=1S/C13H15N5S/c1-3-11-15-16-13-18(11)17-12(19-13)8-14-10-6-4-9(2)5-7-10/h4-7,14H,3,8H2,1-2H3. The number of rotatable bonds is 4. The summed E-state index contributed by atoms with van der Waals surface area (Å²) in [5.41, 5.74) is 2.37. The van der Waals surface area contributed by atoms with Crippen LogP contribution in [0.2, 0.25) is 0 Å². The molecule has 0 unspecified atom stereocenters. The molecule has 19 heavy (non-hydrogen) atoms. The van der Waals surface area contributed by atoms with Crippen LogP contribution in [-0.2, 0) is 13.0 Å². The van der Waals surface area contributed by atoms with E-state index < -0.39 is 0 Å². The molecular formula is C13H15N5S. The number of aryl methyl sites for hydroxylation is 2. The van der Waals surface area contributed by atoms with Crippen molar-refractivity contribution in [3.05, 3.63) is 40.7 Å². The van der Waals surface area contributed by atoms with E-state index in [0.29, 0.717) is 6.54 Å². The highest BCUT2D eigenvalue weighted by Crippen LogP contribution is 2.16. The highest BCUT2D eigenvalue weighted by Gasteiger charge is 2.09.